The van der Waals surface area contributed by atoms with E-state index in [1.54, 1.807) is 23.2 Å². The van der Waals surface area contributed by atoms with E-state index >= 15 is 0 Å². The van der Waals surface area contributed by atoms with Crippen LogP contribution in [-0.4, -0.2) is 47.0 Å². The van der Waals surface area contributed by atoms with Crippen LogP contribution in [0.4, 0.5) is 5.82 Å². The molecule has 104 valence electrons. The van der Waals surface area contributed by atoms with E-state index in [0.717, 1.165) is 5.82 Å². The monoisotopic (exact) mass is 292 g/mol. The molecule has 3 heterocycles. The van der Waals surface area contributed by atoms with E-state index in [-0.39, 0.29) is 5.91 Å². The Labute approximate surface area is 121 Å². The average molecular weight is 293 g/mol. The normalized spacial score (nSPS) is 15.4. The Balaban J connectivity index is 1.64. The number of hydrogen-bond donors (Lipinski definition) is 0. The van der Waals surface area contributed by atoms with Gasteiger partial charge in [-0.15, -0.1) is 0 Å². The van der Waals surface area contributed by atoms with Crippen molar-refractivity contribution in [3.63, 3.8) is 0 Å². The Morgan fingerprint density at radius 3 is 2.70 bits per heavy atom. The third-order valence-electron chi connectivity index (χ3n) is 3.22. The second kappa shape index (κ2) is 5.50. The van der Waals surface area contributed by atoms with Crippen LogP contribution in [0.2, 0.25) is 5.15 Å². The molecule has 0 saturated carbocycles. The zero-order valence-corrected chi connectivity index (χ0v) is 11.5. The number of piperazine rings is 1. The molecule has 3 rings (SSSR count). The number of amides is 1. The van der Waals surface area contributed by atoms with E-state index in [0.29, 0.717) is 37.1 Å². The number of hydrogen-bond acceptors (Lipinski definition) is 5. The first-order chi connectivity index (χ1) is 9.74. The molecule has 0 aromatic carbocycles. The van der Waals surface area contributed by atoms with E-state index in [4.69, 9.17) is 16.0 Å². The average Bonchev–Trinajstić information content (AvgIpc) is 3.01. The maximum atomic E-state index is 12.1. The van der Waals surface area contributed by atoms with Crippen LogP contribution in [0, 0.1) is 0 Å². The number of anilines is 1. The highest BCUT2D eigenvalue weighted by atomic mass is 35.5. The van der Waals surface area contributed by atoms with Gasteiger partial charge in [0.15, 0.2) is 5.76 Å². The zero-order chi connectivity index (χ0) is 13.9. The van der Waals surface area contributed by atoms with Crippen molar-refractivity contribution in [1.82, 2.24) is 14.9 Å². The third kappa shape index (κ3) is 2.60. The predicted molar refractivity (Wildman–Crippen MR) is 73.9 cm³/mol. The lowest BCUT2D eigenvalue weighted by Gasteiger charge is -2.34. The van der Waals surface area contributed by atoms with Gasteiger partial charge in [-0.2, -0.15) is 0 Å². The number of carbonyl (C=O) groups excluding carboxylic acids is 1. The fraction of sp³-hybridized carbons (Fsp3) is 0.308. The standard InChI is InChI=1S/C13H13ClN4O2/c14-11-8-15-9-12(16-11)17-3-5-18(6-4-17)13(19)10-2-1-7-20-10/h1-2,7-9H,3-6H2. The first kappa shape index (κ1) is 12.9. The van der Waals surface area contributed by atoms with Crippen molar-refractivity contribution >= 4 is 23.3 Å². The Morgan fingerprint density at radius 1 is 1.25 bits per heavy atom. The SMILES string of the molecule is O=C(c1ccco1)N1CCN(c2cncc(Cl)n2)CC1. The van der Waals surface area contributed by atoms with Gasteiger partial charge in [-0.3, -0.25) is 9.78 Å². The number of nitrogens with zero attached hydrogens (tertiary/aromatic N) is 4. The number of aromatic nitrogens is 2. The molecule has 0 radical (unpaired) electrons. The maximum absolute atomic E-state index is 12.1. The van der Waals surface area contributed by atoms with Crippen molar-refractivity contribution in [3.8, 4) is 0 Å². The van der Waals surface area contributed by atoms with E-state index in [1.165, 1.54) is 12.5 Å². The van der Waals surface area contributed by atoms with Gasteiger partial charge in [-0.1, -0.05) is 11.6 Å². The minimum absolute atomic E-state index is 0.0770. The summed E-state index contributed by atoms with van der Waals surface area (Å²) in [5.41, 5.74) is 0. The van der Waals surface area contributed by atoms with Crippen molar-refractivity contribution < 1.29 is 9.21 Å². The summed E-state index contributed by atoms with van der Waals surface area (Å²) in [4.78, 5) is 24.2. The predicted octanol–water partition coefficient (Wildman–Crippen LogP) is 1.69. The quantitative estimate of drug-likeness (QED) is 0.843. The van der Waals surface area contributed by atoms with Gasteiger partial charge in [0.05, 0.1) is 18.7 Å². The van der Waals surface area contributed by atoms with Crippen molar-refractivity contribution in [3.05, 3.63) is 41.7 Å². The number of furan rings is 1. The molecule has 0 bridgehead atoms. The molecule has 1 amide bonds. The van der Waals surface area contributed by atoms with E-state index in [9.17, 15) is 4.79 Å². The minimum Gasteiger partial charge on any atom is -0.459 e. The van der Waals surface area contributed by atoms with Gasteiger partial charge in [0.25, 0.3) is 5.91 Å². The molecule has 1 aliphatic heterocycles. The summed E-state index contributed by atoms with van der Waals surface area (Å²) >= 11 is 5.83. The molecule has 2 aromatic rings. The molecule has 0 N–H and O–H groups in total. The zero-order valence-electron chi connectivity index (χ0n) is 10.7. The lowest BCUT2D eigenvalue weighted by molar-refractivity contribution is 0.0714. The Bertz CT molecular complexity index is 594. The van der Waals surface area contributed by atoms with Crippen LogP contribution in [0.3, 0.4) is 0 Å². The van der Waals surface area contributed by atoms with Gasteiger partial charge in [-0.25, -0.2) is 4.98 Å². The van der Waals surface area contributed by atoms with Gasteiger partial charge in [-0.05, 0) is 12.1 Å². The van der Waals surface area contributed by atoms with Crippen LogP contribution in [0.5, 0.6) is 0 Å². The van der Waals surface area contributed by atoms with Crippen molar-refractivity contribution in [2.75, 3.05) is 31.1 Å². The van der Waals surface area contributed by atoms with Gasteiger partial charge in [0.1, 0.15) is 11.0 Å². The minimum atomic E-state index is -0.0770. The van der Waals surface area contributed by atoms with Gasteiger partial charge in [0.2, 0.25) is 0 Å². The molecule has 0 unspecified atom stereocenters. The van der Waals surface area contributed by atoms with E-state index in [1.807, 2.05) is 0 Å². The van der Waals surface area contributed by atoms with Crippen molar-refractivity contribution in [2.24, 2.45) is 0 Å². The number of rotatable bonds is 2. The van der Waals surface area contributed by atoms with Crippen LogP contribution in [0.25, 0.3) is 0 Å². The lowest BCUT2D eigenvalue weighted by atomic mass is 10.3. The molecule has 7 heteroatoms. The largest absolute Gasteiger partial charge is 0.459 e. The second-order valence-electron chi connectivity index (χ2n) is 4.46. The molecule has 20 heavy (non-hydrogen) atoms. The summed E-state index contributed by atoms with van der Waals surface area (Å²) in [5.74, 6) is 1.04. The highest BCUT2D eigenvalue weighted by Gasteiger charge is 2.24. The molecule has 1 saturated heterocycles. The summed E-state index contributed by atoms with van der Waals surface area (Å²) in [6.07, 6.45) is 4.68. The fourth-order valence-corrected chi connectivity index (χ4v) is 2.32. The van der Waals surface area contributed by atoms with Gasteiger partial charge in [0, 0.05) is 26.2 Å². The van der Waals surface area contributed by atoms with Crippen molar-refractivity contribution in [1.29, 1.82) is 0 Å². The molecule has 1 fully saturated rings. The second-order valence-corrected chi connectivity index (χ2v) is 4.84. The summed E-state index contributed by atoms with van der Waals surface area (Å²) in [5, 5.41) is 0.372. The Kier molecular flexibility index (Phi) is 3.56. The van der Waals surface area contributed by atoms with Gasteiger partial charge >= 0.3 is 0 Å². The summed E-state index contributed by atoms with van der Waals surface area (Å²) < 4.78 is 5.13. The van der Waals surface area contributed by atoms with Gasteiger partial charge < -0.3 is 14.2 Å². The highest BCUT2D eigenvalue weighted by molar-refractivity contribution is 6.29. The summed E-state index contributed by atoms with van der Waals surface area (Å²) in [6.45, 7) is 2.63. The Hall–Kier alpha value is -2.08. The topological polar surface area (TPSA) is 62.5 Å². The third-order valence-corrected chi connectivity index (χ3v) is 3.40. The summed E-state index contributed by atoms with van der Waals surface area (Å²) in [7, 11) is 0. The molecular formula is C13H13ClN4O2. The van der Waals surface area contributed by atoms with Crippen molar-refractivity contribution in [2.45, 2.75) is 0 Å². The molecule has 2 aromatic heterocycles. The van der Waals surface area contributed by atoms with Crippen LogP contribution in [0.15, 0.2) is 35.2 Å². The highest BCUT2D eigenvalue weighted by Crippen LogP contribution is 2.16. The van der Waals surface area contributed by atoms with E-state index in [2.05, 4.69) is 14.9 Å². The molecule has 0 spiro atoms. The van der Waals surface area contributed by atoms with Crippen LogP contribution in [-0.2, 0) is 0 Å². The molecule has 0 atom stereocenters. The van der Waals surface area contributed by atoms with Crippen LogP contribution in [0.1, 0.15) is 10.6 Å². The molecule has 0 aliphatic carbocycles. The molecular weight excluding hydrogens is 280 g/mol. The lowest BCUT2D eigenvalue weighted by Crippen LogP contribution is -2.49. The maximum Gasteiger partial charge on any atom is 0.289 e. The smallest absolute Gasteiger partial charge is 0.289 e. The summed E-state index contributed by atoms with van der Waals surface area (Å²) in [6, 6.07) is 3.39. The Morgan fingerprint density at radius 2 is 2.05 bits per heavy atom. The van der Waals surface area contributed by atoms with E-state index < -0.39 is 0 Å². The van der Waals surface area contributed by atoms with Crippen LogP contribution < -0.4 is 4.90 Å². The number of halogens is 1. The number of carbonyl (C=O) groups is 1. The van der Waals surface area contributed by atoms with Crippen LogP contribution >= 0.6 is 11.6 Å². The first-order valence-corrected chi connectivity index (χ1v) is 6.67. The molecule has 1 aliphatic rings. The molecule has 6 nitrogen and oxygen atoms in total. The first-order valence-electron chi connectivity index (χ1n) is 6.29. The fourth-order valence-electron chi connectivity index (χ4n) is 2.18.